The van der Waals surface area contributed by atoms with E-state index in [2.05, 4.69) is 5.32 Å². The maximum absolute atomic E-state index is 14.5. The molecule has 0 saturated carbocycles. The molecule has 0 spiro atoms. The van der Waals surface area contributed by atoms with Gasteiger partial charge in [-0.05, 0) is 66.8 Å². The molecule has 0 heterocycles. The molecule has 4 rings (SSSR count). The summed E-state index contributed by atoms with van der Waals surface area (Å²) in [7, 11) is -4.13. The van der Waals surface area contributed by atoms with E-state index in [-0.39, 0.29) is 23.8 Å². The van der Waals surface area contributed by atoms with E-state index in [4.69, 9.17) is 0 Å². The Morgan fingerprint density at radius 2 is 1.32 bits per heavy atom. The summed E-state index contributed by atoms with van der Waals surface area (Å²) in [6, 6.07) is 31.8. The molecule has 0 aliphatic heterocycles. The Morgan fingerprint density at radius 1 is 0.773 bits per heavy atom. The van der Waals surface area contributed by atoms with E-state index in [9.17, 15) is 18.0 Å². The van der Waals surface area contributed by atoms with Crippen molar-refractivity contribution >= 4 is 27.5 Å². The zero-order valence-corrected chi connectivity index (χ0v) is 26.5. The molecule has 0 aliphatic carbocycles. The lowest BCUT2D eigenvalue weighted by Gasteiger charge is -2.34. The first-order valence-corrected chi connectivity index (χ1v) is 16.4. The number of amides is 2. The van der Waals surface area contributed by atoms with Crippen molar-refractivity contribution in [1.82, 2.24) is 10.2 Å². The number of hydrogen-bond donors (Lipinski definition) is 1. The van der Waals surface area contributed by atoms with Gasteiger partial charge in [-0.2, -0.15) is 0 Å². The molecule has 7 nitrogen and oxygen atoms in total. The summed E-state index contributed by atoms with van der Waals surface area (Å²) >= 11 is 0. The first-order chi connectivity index (χ1) is 21.2. The van der Waals surface area contributed by atoms with Crippen LogP contribution in [0, 0.1) is 13.8 Å². The van der Waals surface area contributed by atoms with Gasteiger partial charge in [0.1, 0.15) is 12.6 Å². The maximum atomic E-state index is 14.5. The standard InChI is InChI=1S/C36H41N3O4S/c1-4-5-21-37-36(41)34(25-30-15-9-6-10-16-30)38(26-31-17-11-7-12-18-31)35(40)27-39(32-23-28(2)22-29(3)24-32)44(42,43)33-19-13-8-14-20-33/h6-20,22-24,34H,4-5,21,25-27H2,1-3H3,(H,37,41). The van der Waals surface area contributed by atoms with Gasteiger partial charge in [0.05, 0.1) is 10.6 Å². The Kier molecular flexibility index (Phi) is 11.3. The van der Waals surface area contributed by atoms with Gasteiger partial charge in [0.25, 0.3) is 10.0 Å². The van der Waals surface area contributed by atoms with Gasteiger partial charge in [-0.25, -0.2) is 8.42 Å². The van der Waals surface area contributed by atoms with Crippen LogP contribution in [-0.2, 0) is 32.6 Å². The molecule has 8 heteroatoms. The minimum absolute atomic E-state index is 0.0831. The van der Waals surface area contributed by atoms with Gasteiger partial charge >= 0.3 is 0 Å². The Labute approximate surface area is 261 Å². The minimum Gasteiger partial charge on any atom is -0.354 e. The molecule has 0 aromatic heterocycles. The molecule has 0 saturated heterocycles. The number of anilines is 1. The van der Waals surface area contributed by atoms with Crippen LogP contribution >= 0.6 is 0 Å². The summed E-state index contributed by atoms with van der Waals surface area (Å²) in [6.45, 7) is 6.00. The number of nitrogens with zero attached hydrogens (tertiary/aromatic N) is 2. The second-order valence-electron chi connectivity index (χ2n) is 11.0. The van der Waals surface area contributed by atoms with Gasteiger partial charge in [-0.1, -0.05) is 98.3 Å². The van der Waals surface area contributed by atoms with Crippen LogP contribution in [0.5, 0.6) is 0 Å². The monoisotopic (exact) mass is 611 g/mol. The van der Waals surface area contributed by atoms with Crippen LogP contribution < -0.4 is 9.62 Å². The van der Waals surface area contributed by atoms with Crippen LogP contribution in [0.4, 0.5) is 5.69 Å². The highest BCUT2D eigenvalue weighted by Gasteiger charge is 2.34. The zero-order chi connectivity index (χ0) is 31.5. The molecule has 1 atom stereocenters. The Morgan fingerprint density at radius 3 is 1.89 bits per heavy atom. The largest absolute Gasteiger partial charge is 0.354 e. The molecule has 4 aromatic carbocycles. The van der Waals surface area contributed by atoms with Crippen LogP contribution in [0.1, 0.15) is 42.0 Å². The van der Waals surface area contributed by atoms with Crippen molar-refractivity contribution in [1.29, 1.82) is 0 Å². The molecule has 2 amide bonds. The number of nitrogens with one attached hydrogen (secondary N) is 1. The molecule has 0 fully saturated rings. The predicted octanol–water partition coefficient (Wildman–Crippen LogP) is 6.06. The lowest BCUT2D eigenvalue weighted by molar-refractivity contribution is -0.140. The van der Waals surface area contributed by atoms with E-state index in [1.807, 2.05) is 87.5 Å². The average molecular weight is 612 g/mol. The summed E-state index contributed by atoms with van der Waals surface area (Å²) in [5.74, 6) is -0.741. The van der Waals surface area contributed by atoms with Crippen LogP contribution in [0.2, 0.25) is 0 Å². The maximum Gasteiger partial charge on any atom is 0.264 e. The molecule has 1 unspecified atom stereocenters. The molecule has 0 aliphatic rings. The minimum atomic E-state index is -4.13. The number of carbonyl (C=O) groups is 2. The fourth-order valence-corrected chi connectivity index (χ4v) is 6.60. The van der Waals surface area contributed by atoms with E-state index in [0.29, 0.717) is 12.2 Å². The lowest BCUT2D eigenvalue weighted by Crippen LogP contribution is -2.53. The number of benzene rings is 4. The van der Waals surface area contributed by atoms with E-state index in [1.54, 1.807) is 30.3 Å². The third kappa shape index (κ3) is 8.57. The predicted molar refractivity (Wildman–Crippen MR) is 176 cm³/mol. The van der Waals surface area contributed by atoms with Gasteiger partial charge < -0.3 is 10.2 Å². The van der Waals surface area contributed by atoms with Crippen LogP contribution in [0.25, 0.3) is 0 Å². The highest BCUT2D eigenvalue weighted by atomic mass is 32.2. The van der Waals surface area contributed by atoms with Crippen LogP contribution in [0.15, 0.2) is 114 Å². The molecule has 230 valence electrons. The van der Waals surface area contributed by atoms with Gasteiger partial charge in [0.15, 0.2) is 0 Å². The second kappa shape index (κ2) is 15.3. The van der Waals surface area contributed by atoms with Crippen molar-refractivity contribution in [2.75, 3.05) is 17.4 Å². The molecular formula is C36H41N3O4S. The third-order valence-corrected chi connectivity index (χ3v) is 9.19. The van der Waals surface area contributed by atoms with Crippen molar-refractivity contribution in [2.45, 2.75) is 57.5 Å². The quantitative estimate of drug-likeness (QED) is 0.176. The van der Waals surface area contributed by atoms with Crippen molar-refractivity contribution in [3.05, 3.63) is 131 Å². The molecule has 1 N–H and O–H groups in total. The van der Waals surface area contributed by atoms with Gasteiger partial charge in [-0.3, -0.25) is 13.9 Å². The number of sulfonamides is 1. The van der Waals surface area contributed by atoms with Gasteiger partial charge in [0, 0.05) is 19.5 Å². The number of unbranched alkanes of at least 4 members (excludes halogenated alkanes) is 1. The molecule has 4 aromatic rings. The Hall–Kier alpha value is -4.43. The topological polar surface area (TPSA) is 86.8 Å². The Bertz CT molecular complexity index is 1610. The first kappa shape index (κ1) is 32.5. The summed E-state index contributed by atoms with van der Waals surface area (Å²) in [4.78, 5) is 29.9. The second-order valence-corrected chi connectivity index (χ2v) is 12.9. The van der Waals surface area contributed by atoms with Crippen molar-refractivity contribution < 1.29 is 18.0 Å². The van der Waals surface area contributed by atoms with Crippen molar-refractivity contribution in [3.8, 4) is 0 Å². The first-order valence-electron chi connectivity index (χ1n) is 15.0. The summed E-state index contributed by atoms with van der Waals surface area (Å²) < 4.78 is 29.4. The van der Waals surface area contributed by atoms with Crippen molar-refractivity contribution in [3.63, 3.8) is 0 Å². The molecule has 44 heavy (non-hydrogen) atoms. The van der Waals surface area contributed by atoms with Crippen LogP contribution in [-0.4, -0.2) is 44.3 Å². The average Bonchev–Trinajstić information content (AvgIpc) is 3.02. The fourth-order valence-electron chi connectivity index (χ4n) is 5.18. The number of hydrogen-bond acceptors (Lipinski definition) is 4. The zero-order valence-electron chi connectivity index (χ0n) is 25.6. The van der Waals surface area contributed by atoms with Crippen LogP contribution in [0.3, 0.4) is 0 Å². The number of carbonyl (C=O) groups excluding carboxylic acids is 2. The highest BCUT2D eigenvalue weighted by Crippen LogP contribution is 2.27. The van der Waals surface area contributed by atoms with Crippen molar-refractivity contribution in [2.24, 2.45) is 0 Å². The van der Waals surface area contributed by atoms with Gasteiger partial charge in [-0.15, -0.1) is 0 Å². The number of aryl methyl sites for hydroxylation is 2. The highest BCUT2D eigenvalue weighted by molar-refractivity contribution is 7.92. The van der Waals surface area contributed by atoms with E-state index in [1.165, 1.54) is 17.0 Å². The molecule has 0 radical (unpaired) electrons. The van der Waals surface area contributed by atoms with E-state index in [0.717, 1.165) is 39.4 Å². The van der Waals surface area contributed by atoms with Gasteiger partial charge in [0.2, 0.25) is 11.8 Å². The number of rotatable bonds is 14. The smallest absolute Gasteiger partial charge is 0.264 e. The fraction of sp³-hybridized carbons (Fsp3) is 0.278. The SMILES string of the molecule is CCCCNC(=O)C(Cc1ccccc1)N(Cc1ccccc1)C(=O)CN(c1cc(C)cc(C)c1)S(=O)(=O)c1ccccc1. The Balaban J connectivity index is 1.79. The normalized spacial score (nSPS) is 11.9. The summed E-state index contributed by atoms with van der Waals surface area (Å²) in [5, 5.41) is 3.02. The summed E-state index contributed by atoms with van der Waals surface area (Å²) in [5.41, 5.74) is 3.88. The molecular weight excluding hydrogens is 570 g/mol. The van der Waals surface area contributed by atoms with E-state index >= 15 is 0 Å². The summed E-state index contributed by atoms with van der Waals surface area (Å²) in [6.07, 6.45) is 2.01. The van der Waals surface area contributed by atoms with E-state index < -0.39 is 28.5 Å². The third-order valence-electron chi connectivity index (χ3n) is 7.40. The lowest BCUT2D eigenvalue weighted by atomic mass is 10.0. The molecule has 0 bridgehead atoms.